The molecule has 0 spiro atoms. The van der Waals surface area contributed by atoms with Gasteiger partial charge >= 0.3 is 6.18 Å². The van der Waals surface area contributed by atoms with Crippen LogP contribution in [-0.2, 0) is 13.2 Å². The number of nitrogens with zero attached hydrogens (tertiary/aromatic N) is 1. The van der Waals surface area contributed by atoms with Crippen molar-refractivity contribution in [3.63, 3.8) is 0 Å². The molecule has 1 unspecified atom stereocenters. The molecule has 0 radical (unpaired) electrons. The predicted octanol–water partition coefficient (Wildman–Crippen LogP) is 4.62. The fraction of sp³-hybridized carbons (Fsp3) is 0.400. The van der Waals surface area contributed by atoms with Crippen LogP contribution >= 0.6 is 0 Å². The van der Waals surface area contributed by atoms with Crippen molar-refractivity contribution >= 4 is 5.69 Å². The highest BCUT2D eigenvalue weighted by Crippen LogP contribution is 2.34. The minimum Gasteiger partial charge on any atom is -0.489 e. The van der Waals surface area contributed by atoms with Crippen LogP contribution in [-0.4, -0.2) is 24.2 Å². The summed E-state index contributed by atoms with van der Waals surface area (Å²) in [6.45, 7) is 1.49. The monoisotopic (exact) mass is 364 g/mol. The zero-order valence-electron chi connectivity index (χ0n) is 14.5. The molecule has 1 heterocycles. The molecule has 1 fully saturated rings. The van der Waals surface area contributed by atoms with Gasteiger partial charge in [-0.25, -0.2) is 0 Å². The van der Waals surface area contributed by atoms with Crippen LogP contribution in [0.1, 0.15) is 24.0 Å². The number of nitrogens with two attached hydrogens (primary N) is 1. The average molecular weight is 364 g/mol. The Morgan fingerprint density at radius 3 is 2.62 bits per heavy atom. The molecular weight excluding hydrogens is 341 g/mol. The predicted molar refractivity (Wildman–Crippen MR) is 95.7 cm³/mol. The van der Waals surface area contributed by atoms with Crippen molar-refractivity contribution in [1.82, 2.24) is 4.90 Å². The van der Waals surface area contributed by atoms with E-state index in [1.54, 1.807) is 18.2 Å². The Bertz CT molecular complexity index is 719. The number of likely N-dealkylation sites (tertiary alicyclic amines) is 1. The fourth-order valence-corrected chi connectivity index (χ4v) is 3.31. The summed E-state index contributed by atoms with van der Waals surface area (Å²) >= 11 is 0. The molecule has 0 aliphatic carbocycles. The summed E-state index contributed by atoms with van der Waals surface area (Å²) in [6, 6.07) is 15.1. The fourth-order valence-electron chi connectivity index (χ4n) is 3.31. The maximum Gasteiger partial charge on any atom is 0.393 e. The third-order valence-electron chi connectivity index (χ3n) is 4.68. The van der Waals surface area contributed by atoms with Gasteiger partial charge in [0.1, 0.15) is 12.4 Å². The molecule has 6 heteroatoms. The SMILES string of the molecule is Nc1ccc(OCc2ccccc2)c(CN2CCCC(C(F)(F)F)C2)c1. The van der Waals surface area contributed by atoms with E-state index < -0.39 is 12.1 Å². The highest BCUT2D eigenvalue weighted by molar-refractivity contribution is 5.48. The normalized spacial score (nSPS) is 18.7. The quantitative estimate of drug-likeness (QED) is 0.787. The van der Waals surface area contributed by atoms with Gasteiger partial charge in [-0.2, -0.15) is 13.2 Å². The second-order valence-electron chi connectivity index (χ2n) is 6.76. The number of rotatable bonds is 5. The van der Waals surface area contributed by atoms with E-state index in [4.69, 9.17) is 10.5 Å². The molecule has 0 saturated carbocycles. The molecule has 2 N–H and O–H groups in total. The lowest BCUT2D eigenvalue weighted by Gasteiger charge is -2.34. The summed E-state index contributed by atoms with van der Waals surface area (Å²) < 4.78 is 45.0. The van der Waals surface area contributed by atoms with E-state index in [1.165, 1.54) is 0 Å². The molecule has 3 nitrogen and oxygen atoms in total. The van der Waals surface area contributed by atoms with Crippen molar-refractivity contribution in [2.24, 2.45) is 5.92 Å². The highest BCUT2D eigenvalue weighted by atomic mass is 19.4. The summed E-state index contributed by atoms with van der Waals surface area (Å²) in [7, 11) is 0. The molecule has 1 saturated heterocycles. The number of hydrogen-bond donors (Lipinski definition) is 1. The van der Waals surface area contributed by atoms with Crippen LogP contribution in [0.3, 0.4) is 0 Å². The van der Waals surface area contributed by atoms with Crippen molar-refractivity contribution in [2.75, 3.05) is 18.8 Å². The van der Waals surface area contributed by atoms with E-state index in [9.17, 15) is 13.2 Å². The zero-order valence-corrected chi connectivity index (χ0v) is 14.5. The van der Waals surface area contributed by atoms with Crippen molar-refractivity contribution in [1.29, 1.82) is 0 Å². The number of benzene rings is 2. The lowest BCUT2D eigenvalue weighted by atomic mass is 9.97. The standard InChI is InChI=1S/C20H23F3N2O/c21-20(22,23)17-7-4-10-25(13-17)12-16-11-18(24)8-9-19(16)26-14-15-5-2-1-3-6-15/h1-3,5-6,8-9,11,17H,4,7,10,12-14,24H2. The first-order chi connectivity index (χ1) is 12.4. The second-order valence-corrected chi connectivity index (χ2v) is 6.76. The van der Waals surface area contributed by atoms with Gasteiger partial charge < -0.3 is 10.5 Å². The van der Waals surface area contributed by atoms with E-state index in [2.05, 4.69) is 0 Å². The Hall–Kier alpha value is -2.21. The maximum atomic E-state index is 13.0. The van der Waals surface area contributed by atoms with Gasteiger partial charge in [0.05, 0.1) is 5.92 Å². The van der Waals surface area contributed by atoms with E-state index in [0.717, 1.165) is 11.1 Å². The van der Waals surface area contributed by atoms with Gasteiger partial charge in [-0.3, -0.25) is 4.90 Å². The summed E-state index contributed by atoms with van der Waals surface area (Å²) in [4.78, 5) is 1.84. The maximum absolute atomic E-state index is 13.0. The Balaban J connectivity index is 1.69. The van der Waals surface area contributed by atoms with Crippen molar-refractivity contribution < 1.29 is 17.9 Å². The number of ether oxygens (including phenoxy) is 1. The first kappa shape index (κ1) is 18.6. The lowest BCUT2D eigenvalue weighted by Crippen LogP contribution is -2.41. The van der Waals surface area contributed by atoms with Crippen LogP contribution in [0.4, 0.5) is 18.9 Å². The number of nitrogen functional groups attached to an aromatic ring is 1. The third kappa shape index (κ3) is 4.91. The topological polar surface area (TPSA) is 38.5 Å². The largest absolute Gasteiger partial charge is 0.489 e. The van der Waals surface area contributed by atoms with Crippen molar-refractivity contribution in [3.05, 3.63) is 59.7 Å². The molecule has 1 atom stereocenters. The third-order valence-corrected chi connectivity index (χ3v) is 4.68. The number of anilines is 1. The Labute approximate surface area is 151 Å². The van der Waals surface area contributed by atoms with E-state index in [0.29, 0.717) is 37.6 Å². The molecule has 3 rings (SSSR count). The van der Waals surface area contributed by atoms with Crippen LogP contribution in [0.25, 0.3) is 0 Å². The molecule has 0 amide bonds. The van der Waals surface area contributed by atoms with Crippen LogP contribution < -0.4 is 10.5 Å². The molecule has 2 aromatic carbocycles. The molecular formula is C20H23F3N2O. The van der Waals surface area contributed by atoms with Crippen LogP contribution in [0.2, 0.25) is 0 Å². The van der Waals surface area contributed by atoms with Gasteiger partial charge in [-0.15, -0.1) is 0 Å². The number of halogens is 3. The first-order valence-electron chi connectivity index (χ1n) is 8.76. The number of piperidine rings is 1. The van der Waals surface area contributed by atoms with E-state index >= 15 is 0 Å². The van der Waals surface area contributed by atoms with Gasteiger partial charge in [0.15, 0.2) is 0 Å². The van der Waals surface area contributed by atoms with Crippen molar-refractivity contribution in [2.45, 2.75) is 32.2 Å². The first-order valence-corrected chi connectivity index (χ1v) is 8.76. The Kier molecular flexibility index (Phi) is 5.71. The lowest BCUT2D eigenvalue weighted by molar-refractivity contribution is -0.187. The van der Waals surface area contributed by atoms with Gasteiger partial charge in [0, 0.05) is 24.3 Å². The van der Waals surface area contributed by atoms with E-state index in [1.807, 2.05) is 35.2 Å². The smallest absolute Gasteiger partial charge is 0.393 e. The minimum absolute atomic E-state index is 0.0242. The number of alkyl halides is 3. The summed E-state index contributed by atoms with van der Waals surface area (Å²) in [5, 5.41) is 0. The minimum atomic E-state index is -4.14. The molecule has 0 bridgehead atoms. The molecule has 1 aliphatic rings. The molecule has 0 aromatic heterocycles. The average Bonchev–Trinajstić information content (AvgIpc) is 2.61. The van der Waals surface area contributed by atoms with Crippen LogP contribution in [0.5, 0.6) is 5.75 Å². The molecule has 1 aliphatic heterocycles. The highest BCUT2D eigenvalue weighted by Gasteiger charge is 2.41. The van der Waals surface area contributed by atoms with Gasteiger partial charge in [-0.1, -0.05) is 30.3 Å². The van der Waals surface area contributed by atoms with Gasteiger partial charge in [0.2, 0.25) is 0 Å². The van der Waals surface area contributed by atoms with Crippen molar-refractivity contribution in [3.8, 4) is 5.75 Å². The second kappa shape index (κ2) is 7.99. The zero-order chi connectivity index (χ0) is 18.6. The Morgan fingerprint density at radius 2 is 1.88 bits per heavy atom. The van der Waals surface area contributed by atoms with Gasteiger partial charge in [0.25, 0.3) is 0 Å². The van der Waals surface area contributed by atoms with Crippen LogP contribution in [0.15, 0.2) is 48.5 Å². The molecule has 26 heavy (non-hydrogen) atoms. The number of hydrogen-bond acceptors (Lipinski definition) is 3. The molecule has 2 aromatic rings. The Morgan fingerprint density at radius 1 is 1.12 bits per heavy atom. The van der Waals surface area contributed by atoms with Gasteiger partial charge in [-0.05, 0) is 43.1 Å². The van der Waals surface area contributed by atoms with Crippen LogP contribution in [0, 0.1) is 5.92 Å². The summed E-state index contributed by atoms with van der Waals surface area (Å²) in [5.41, 5.74) is 8.32. The summed E-state index contributed by atoms with van der Waals surface area (Å²) in [6.07, 6.45) is -3.39. The van der Waals surface area contributed by atoms with E-state index in [-0.39, 0.29) is 13.0 Å². The molecule has 140 valence electrons. The summed E-state index contributed by atoms with van der Waals surface area (Å²) in [5.74, 6) is -0.594.